The number of nitrogens with one attached hydrogen (secondary N) is 1. The highest BCUT2D eigenvalue weighted by Gasteiger charge is 2.32. The summed E-state index contributed by atoms with van der Waals surface area (Å²) >= 11 is 0. The number of hydrogen-bond acceptors (Lipinski definition) is 5. The van der Waals surface area contributed by atoms with Gasteiger partial charge in [0.25, 0.3) is 0 Å². The van der Waals surface area contributed by atoms with E-state index in [0.717, 1.165) is 10.6 Å². The van der Waals surface area contributed by atoms with E-state index in [-0.39, 0.29) is 23.5 Å². The summed E-state index contributed by atoms with van der Waals surface area (Å²) in [6.07, 6.45) is 0.976. The Hall–Kier alpha value is -3.14. The zero-order valence-electron chi connectivity index (χ0n) is 20.3. The molecule has 0 heterocycles. The van der Waals surface area contributed by atoms with E-state index < -0.39 is 45.8 Å². The molecule has 0 spiro atoms. The molecule has 2 amide bonds. The molecule has 0 aliphatic carbocycles. The first-order chi connectivity index (χ1) is 15.7. The lowest BCUT2D eigenvalue weighted by Gasteiger charge is -2.33. The molecule has 0 aliphatic rings. The lowest BCUT2D eigenvalue weighted by Crippen LogP contribution is -2.54. The van der Waals surface area contributed by atoms with Gasteiger partial charge in [0.05, 0.1) is 19.1 Å². The number of para-hydroxylation sites is 2. The second-order valence-electron chi connectivity index (χ2n) is 8.97. The van der Waals surface area contributed by atoms with Gasteiger partial charge in [-0.3, -0.25) is 13.9 Å². The molecule has 0 bridgehead atoms. The molecule has 0 radical (unpaired) electrons. The summed E-state index contributed by atoms with van der Waals surface area (Å²) in [5.74, 6) is -1.38. The summed E-state index contributed by atoms with van der Waals surface area (Å²) in [6, 6.07) is 11.3. The van der Waals surface area contributed by atoms with Crippen LogP contribution in [0.5, 0.6) is 5.75 Å². The number of carbonyl (C=O) groups is 2. The molecule has 10 heteroatoms. The Morgan fingerprint density at radius 3 is 2.24 bits per heavy atom. The van der Waals surface area contributed by atoms with Crippen molar-refractivity contribution in [3.05, 3.63) is 59.9 Å². The Bertz CT molecular complexity index is 1130. The van der Waals surface area contributed by atoms with E-state index in [1.807, 2.05) is 0 Å². The maximum absolute atomic E-state index is 14.4. The van der Waals surface area contributed by atoms with Crippen molar-refractivity contribution < 1.29 is 27.1 Å². The minimum absolute atomic E-state index is 0.179. The van der Waals surface area contributed by atoms with Crippen molar-refractivity contribution >= 4 is 27.5 Å². The number of anilines is 1. The van der Waals surface area contributed by atoms with Gasteiger partial charge in [-0.2, -0.15) is 0 Å². The Morgan fingerprint density at radius 2 is 1.68 bits per heavy atom. The van der Waals surface area contributed by atoms with Crippen molar-refractivity contribution in [1.29, 1.82) is 0 Å². The van der Waals surface area contributed by atoms with E-state index in [1.54, 1.807) is 45.0 Å². The molecule has 34 heavy (non-hydrogen) atoms. The number of amides is 2. The standard InChI is InChI=1S/C24H32FN3O5S/c1-17(23(30)26-24(2,3)4)27(15-18-11-7-8-12-19(18)25)22(29)16-28(34(6,31)32)20-13-9-10-14-21(20)33-5/h7-14,17H,15-16H2,1-6H3,(H,26,30)/t17-/m0/s1. The van der Waals surface area contributed by atoms with Gasteiger partial charge < -0.3 is 15.0 Å². The van der Waals surface area contributed by atoms with Gasteiger partial charge in [0.1, 0.15) is 24.2 Å². The van der Waals surface area contributed by atoms with E-state index >= 15 is 0 Å². The van der Waals surface area contributed by atoms with Gasteiger partial charge in [-0.1, -0.05) is 30.3 Å². The summed E-state index contributed by atoms with van der Waals surface area (Å²) in [5.41, 5.74) is -0.179. The number of rotatable bonds is 9. The van der Waals surface area contributed by atoms with E-state index in [1.165, 1.54) is 43.2 Å². The zero-order valence-corrected chi connectivity index (χ0v) is 21.1. The third-order valence-electron chi connectivity index (χ3n) is 5.00. The summed E-state index contributed by atoms with van der Waals surface area (Å²) < 4.78 is 45.8. The van der Waals surface area contributed by atoms with Gasteiger partial charge in [0.15, 0.2) is 0 Å². The maximum Gasteiger partial charge on any atom is 0.244 e. The minimum Gasteiger partial charge on any atom is -0.495 e. The molecule has 0 saturated heterocycles. The van der Waals surface area contributed by atoms with Crippen LogP contribution in [0.1, 0.15) is 33.3 Å². The lowest BCUT2D eigenvalue weighted by atomic mass is 10.1. The average molecular weight is 494 g/mol. The van der Waals surface area contributed by atoms with Crippen LogP contribution in [0.15, 0.2) is 48.5 Å². The van der Waals surface area contributed by atoms with Crippen LogP contribution in [-0.2, 0) is 26.2 Å². The molecule has 0 aromatic heterocycles. The van der Waals surface area contributed by atoms with Crippen LogP contribution in [-0.4, -0.2) is 56.6 Å². The molecule has 2 aromatic carbocycles. The van der Waals surface area contributed by atoms with Gasteiger partial charge in [-0.25, -0.2) is 12.8 Å². The van der Waals surface area contributed by atoms with Crippen LogP contribution in [0.2, 0.25) is 0 Å². The van der Waals surface area contributed by atoms with Crippen LogP contribution >= 0.6 is 0 Å². The van der Waals surface area contributed by atoms with Gasteiger partial charge in [-0.05, 0) is 45.9 Å². The van der Waals surface area contributed by atoms with E-state index in [2.05, 4.69) is 5.32 Å². The van der Waals surface area contributed by atoms with Crippen molar-refractivity contribution in [2.45, 2.75) is 45.8 Å². The predicted molar refractivity (Wildman–Crippen MR) is 129 cm³/mol. The highest BCUT2D eigenvalue weighted by Crippen LogP contribution is 2.29. The molecule has 0 saturated carbocycles. The molecule has 1 N–H and O–H groups in total. The molecule has 1 atom stereocenters. The first-order valence-corrected chi connectivity index (χ1v) is 12.5. The normalized spacial score (nSPS) is 12.6. The number of methoxy groups -OCH3 is 1. The molecule has 8 nitrogen and oxygen atoms in total. The summed E-state index contributed by atoms with van der Waals surface area (Å²) in [7, 11) is -2.51. The minimum atomic E-state index is -3.90. The van der Waals surface area contributed by atoms with Gasteiger partial charge in [0.2, 0.25) is 21.8 Å². The highest BCUT2D eigenvalue weighted by molar-refractivity contribution is 7.92. The topological polar surface area (TPSA) is 96.0 Å². The zero-order chi connectivity index (χ0) is 25.7. The third kappa shape index (κ3) is 7.18. The summed E-state index contributed by atoms with van der Waals surface area (Å²) in [5, 5.41) is 2.81. The van der Waals surface area contributed by atoms with Gasteiger partial charge >= 0.3 is 0 Å². The lowest BCUT2D eigenvalue weighted by molar-refractivity contribution is -0.140. The third-order valence-corrected chi connectivity index (χ3v) is 6.12. The fourth-order valence-corrected chi connectivity index (χ4v) is 4.15. The monoisotopic (exact) mass is 493 g/mol. The number of benzene rings is 2. The second kappa shape index (κ2) is 10.9. The van der Waals surface area contributed by atoms with Crippen LogP contribution in [0.3, 0.4) is 0 Å². The maximum atomic E-state index is 14.4. The summed E-state index contributed by atoms with van der Waals surface area (Å²) in [6.45, 7) is 6.11. The number of sulfonamides is 1. The van der Waals surface area contributed by atoms with Crippen molar-refractivity contribution in [3.63, 3.8) is 0 Å². The quantitative estimate of drug-likeness (QED) is 0.580. The first kappa shape index (κ1) is 27.1. The van der Waals surface area contributed by atoms with E-state index in [4.69, 9.17) is 4.74 Å². The number of halogens is 1. The van der Waals surface area contributed by atoms with Gasteiger partial charge in [0, 0.05) is 17.6 Å². The van der Waals surface area contributed by atoms with Crippen LogP contribution in [0.4, 0.5) is 10.1 Å². The van der Waals surface area contributed by atoms with Crippen LogP contribution < -0.4 is 14.4 Å². The fraction of sp³-hybridized carbons (Fsp3) is 0.417. The van der Waals surface area contributed by atoms with E-state index in [9.17, 15) is 22.4 Å². The molecule has 2 aromatic rings. The smallest absolute Gasteiger partial charge is 0.244 e. The number of nitrogens with zero attached hydrogens (tertiary/aromatic N) is 2. The molecule has 2 rings (SSSR count). The fourth-order valence-electron chi connectivity index (χ4n) is 3.30. The van der Waals surface area contributed by atoms with E-state index in [0.29, 0.717) is 0 Å². The Kier molecular flexibility index (Phi) is 8.66. The second-order valence-corrected chi connectivity index (χ2v) is 10.9. The number of hydrogen-bond donors (Lipinski definition) is 1. The predicted octanol–water partition coefficient (Wildman–Crippen LogP) is 2.93. The molecular weight excluding hydrogens is 461 g/mol. The average Bonchev–Trinajstić information content (AvgIpc) is 2.74. The van der Waals surface area contributed by atoms with Crippen molar-refractivity contribution in [2.24, 2.45) is 0 Å². The molecule has 0 aliphatic heterocycles. The highest BCUT2D eigenvalue weighted by atomic mass is 32.2. The van der Waals surface area contributed by atoms with Crippen molar-refractivity contribution in [2.75, 3.05) is 24.2 Å². The van der Waals surface area contributed by atoms with Crippen molar-refractivity contribution in [1.82, 2.24) is 10.2 Å². The van der Waals surface area contributed by atoms with Crippen LogP contribution in [0.25, 0.3) is 0 Å². The first-order valence-electron chi connectivity index (χ1n) is 10.7. The number of ether oxygens (including phenoxy) is 1. The molecule has 0 unspecified atom stereocenters. The molecule has 186 valence electrons. The number of carbonyl (C=O) groups excluding carboxylic acids is 2. The molecule has 0 fully saturated rings. The Balaban J connectivity index is 2.46. The largest absolute Gasteiger partial charge is 0.495 e. The molecular formula is C24H32FN3O5S. The van der Waals surface area contributed by atoms with Gasteiger partial charge in [-0.15, -0.1) is 0 Å². The van der Waals surface area contributed by atoms with Crippen molar-refractivity contribution in [3.8, 4) is 5.75 Å². The SMILES string of the molecule is COc1ccccc1N(CC(=O)N(Cc1ccccc1F)[C@@H](C)C(=O)NC(C)(C)C)S(C)(=O)=O. The Morgan fingerprint density at radius 1 is 1.09 bits per heavy atom. The Labute approximate surface area is 200 Å². The van der Waals surface area contributed by atoms with Crippen LogP contribution in [0, 0.1) is 5.82 Å². The summed E-state index contributed by atoms with van der Waals surface area (Å²) in [4.78, 5) is 27.5.